The zero-order valence-electron chi connectivity index (χ0n) is 15.0. The summed E-state index contributed by atoms with van der Waals surface area (Å²) >= 11 is 0. The highest BCUT2D eigenvalue weighted by molar-refractivity contribution is 6.02. The van der Waals surface area contributed by atoms with Crippen molar-refractivity contribution in [2.45, 2.75) is 25.9 Å². The largest absolute Gasteiger partial charge is 0.436 e. The van der Waals surface area contributed by atoms with E-state index in [4.69, 9.17) is 4.84 Å². The van der Waals surface area contributed by atoms with Crippen LogP contribution in [0.3, 0.4) is 0 Å². The number of imide groups is 1. The third-order valence-electron chi connectivity index (χ3n) is 3.48. The lowest BCUT2D eigenvalue weighted by molar-refractivity contribution is -0.170. The van der Waals surface area contributed by atoms with Crippen LogP contribution in [0.4, 0.5) is 10.5 Å². The molecule has 0 unspecified atom stereocenters. The van der Waals surface area contributed by atoms with Crippen molar-refractivity contribution in [2.24, 2.45) is 0 Å². The predicted octanol–water partition coefficient (Wildman–Crippen LogP) is 1.42. The number of amides is 3. The van der Waals surface area contributed by atoms with Crippen molar-refractivity contribution in [2.75, 3.05) is 33.5 Å². The lowest BCUT2D eigenvalue weighted by atomic mass is 10.1. The first-order valence-corrected chi connectivity index (χ1v) is 8.01. The molecular weight excluding hydrogens is 324 g/mol. The molecule has 3 amide bonds. The molecule has 1 aliphatic rings. The van der Waals surface area contributed by atoms with Gasteiger partial charge in [-0.2, -0.15) is 0 Å². The van der Waals surface area contributed by atoms with Gasteiger partial charge in [0.05, 0.1) is 0 Å². The number of hydrogen-bond donors (Lipinski definition) is 1. The second-order valence-corrected chi connectivity index (χ2v) is 6.60. The number of carbonyl (C=O) groups excluding carboxylic acids is 3. The minimum Gasteiger partial charge on any atom is -0.311 e. The van der Waals surface area contributed by atoms with E-state index in [-0.39, 0.29) is 12.8 Å². The van der Waals surface area contributed by atoms with Gasteiger partial charge in [0.2, 0.25) is 0 Å². The second-order valence-electron chi connectivity index (χ2n) is 6.60. The van der Waals surface area contributed by atoms with E-state index in [1.165, 1.54) is 0 Å². The number of benzene rings is 1. The third-order valence-corrected chi connectivity index (χ3v) is 3.48. The van der Waals surface area contributed by atoms with Gasteiger partial charge in [0, 0.05) is 31.6 Å². The van der Waals surface area contributed by atoms with Crippen molar-refractivity contribution in [1.29, 1.82) is 0 Å². The summed E-state index contributed by atoms with van der Waals surface area (Å²) in [5.74, 6) is -1.01. The van der Waals surface area contributed by atoms with E-state index in [9.17, 15) is 14.4 Å². The summed E-state index contributed by atoms with van der Waals surface area (Å²) in [5.41, 5.74) is 2.63. The summed E-state index contributed by atoms with van der Waals surface area (Å²) in [4.78, 5) is 43.9. The summed E-state index contributed by atoms with van der Waals surface area (Å²) in [6, 6.07) is 5.76. The summed E-state index contributed by atoms with van der Waals surface area (Å²) in [7, 11) is 7.85. The van der Waals surface area contributed by atoms with Crippen LogP contribution < -0.4 is 5.32 Å². The zero-order chi connectivity index (χ0) is 18.6. The molecule has 1 N–H and O–H groups in total. The molecule has 0 spiro atoms. The highest BCUT2D eigenvalue weighted by Crippen LogP contribution is 2.19. The Morgan fingerprint density at radius 1 is 1.00 bits per heavy atom. The number of hydroxylamine groups is 2. The van der Waals surface area contributed by atoms with E-state index in [1.807, 2.05) is 50.1 Å². The monoisotopic (exact) mass is 348 g/mol. The Hall–Kier alpha value is -2.45. The van der Waals surface area contributed by atoms with Gasteiger partial charge in [-0.1, -0.05) is 6.07 Å². The Kier molecular flexibility index (Phi) is 6.11. The van der Waals surface area contributed by atoms with E-state index in [0.717, 1.165) is 11.1 Å². The smallest absolute Gasteiger partial charge is 0.311 e. The van der Waals surface area contributed by atoms with Gasteiger partial charge in [-0.05, 0) is 51.5 Å². The van der Waals surface area contributed by atoms with Gasteiger partial charge in [-0.3, -0.25) is 14.9 Å². The van der Waals surface area contributed by atoms with Gasteiger partial charge in [0.1, 0.15) is 0 Å². The quantitative estimate of drug-likeness (QED) is 0.783. The first kappa shape index (κ1) is 18.9. The first-order chi connectivity index (χ1) is 11.7. The average molecular weight is 348 g/mol. The molecular formula is C17H24N4O4. The molecule has 1 heterocycles. The van der Waals surface area contributed by atoms with Crippen molar-refractivity contribution in [3.63, 3.8) is 0 Å². The van der Waals surface area contributed by atoms with Crippen molar-refractivity contribution >= 4 is 23.6 Å². The van der Waals surface area contributed by atoms with Crippen molar-refractivity contribution in [3.05, 3.63) is 29.3 Å². The van der Waals surface area contributed by atoms with E-state index in [0.29, 0.717) is 23.8 Å². The van der Waals surface area contributed by atoms with E-state index >= 15 is 0 Å². The van der Waals surface area contributed by atoms with Crippen LogP contribution in [0, 0.1) is 0 Å². The highest BCUT2D eigenvalue weighted by Gasteiger charge is 2.32. The maximum absolute atomic E-state index is 12.0. The molecule has 0 bridgehead atoms. The predicted molar refractivity (Wildman–Crippen MR) is 92.4 cm³/mol. The Morgan fingerprint density at radius 2 is 1.48 bits per heavy atom. The Labute approximate surface area is 147 Å². The summed E-state index contributed by atoms with van der Waals surface area (Å²) in [6.07, 6.45) is -0.726. The van der Waals surface area contributed by atoms with E-state index < -0.39 is 17.9 Å². The van der Waals surface area contributed by atoms with Gasteiger partial charge >= 0.3 is 6.09 Å². The third kappa shape index (κ3) is 5.54. The van der Waals surface area contributed by atoms with Crippen molar-refractivity contribution in [1.82, 2.24) is 14.9 Å². The minimum absolute atomic E-state index is 0.0669. The molecule has 1 fully saturated rings. The lowest BCUT2D eigenvalue weighted by Crippen LogP contribution is -2.34. The molecule has 1 aromatic rings. The number of nitrogens with zero attached hydrogens (tertiary/aromatic N) is 3. The van der Waals surface area contributed by atoms with Gasteiger partial charge in [0.25, 0.3) is 11.8 Å². The van der Waals surface area contributed by atoms with Gasteiger partial charge in [-0.25, -0.2) is 4.79 Å². The minimum atomic E-state index is -0.860. The molecule has 0 aromatic heterocycles. The van der Waals surface area contributed by atoms with Gasteiger partial charge in [-0.15, -0.1) is 5.06 Å². The van der Waals surface area contributed by atoms with E-state index in [2.05, 4.69) is 11.4 Å². The average Bonchev–Trinajstić information content (AvgIpc) is 2.77. The standard InChI is InChI=1S/C17H24N4O4/c1-19(2)10-12-7-13(11-20(3)4)9-14(8-12)18-17(24)25-21-15(22)5-6-16(21)23/h7-9H,5-6,10-11H2,1-4H3,(H,18,24). The molecule has 0 aliphatic carbocycles. The van der Waals surface area contributed by atoms with Gasteiger partial charge in [0.15, 0.2) is 0 Å². The summed E-state index contributed by atoms with van der Waals surface area (Å²) in [6.45, 7) is 1.43. The molecule has 2 rings (SSSR count). The Balaban J connectivity index is 2.12. The fourth-order valence-corrected chi connectivity index (χ4v) is 2.63. The molecule has 1 aromatic carbocycles. The first-order valence-electron chi connectivity index (χ1n) is 8.01. The van der Waals surface area contributed by atoms with Crippen LogP contribution >= 0.6 is 0 Å². The van der Waals surface area contributed by atoms with Crippen LogP contribution in [-0.4, -0.2) is 61.0 Å². The molecule has 1 aliphatic heterocycles. The fourth-order valence-electron chi connectivity index (χ4n) is 2.63. The van der Waals surface area contributed by atoms with Crippen LogP contribution in [0.25, 0.3) is 0 Å². The Bertz CT molecular complexity index is 628. The molecule has 136 valence electrons. The molecule has 25 heavy (non-hydrogen) atoms. The van der Waals surface area contributed by atoms with Gasteiger partial charge < -0.3 is 14.6 Å². The molecule has 0 radical (unpaired) electrons. The normalized spacial score (nSPS) is 14.6. The lowest BCUT2D eigenvalue weighted by Gasteiger charge is -2.17. The molecule has 0 atom stereocenters. The molecule has 8 nitrogen and oxygen atoms in total. The highest BCUT2D eigenvalue weighted by atomic mass is 16.7. The number of carbonyl (C=O) groups is 3. The van der Waals surface area contributed by atoms with Crippen LogP contribution in [-0.2, 0) is 27.5 Å². The van der Waals surface area contributed by atoms with Crippen LogP contribution in [0.2, 0.25) is 0 Å². The zero-order valence-corrected chi connectivity index (χ0v) is 15.0. The van der Waals surface area contributed by atoms with Crippen molar-refractivity contribution < 1.29 is 19.2 Å². The summed E-state index contributed by atoms with van der Waals surface area (Å²) < 4.78 is 0. The Morgan fingerprint density at radius 3 is 1.92 bits per heavy atom. The van der Waals surface area contributed by atoms with Crippen molar-refractivity contribution in [3.8, 4) is 0 Å². The second kappa shape index (κ2) is 8.09. The number of hydrogen-bond acceptors (Lipinski definition) is 6. The molecule has 0 saturated carbocycles. The molecule has 1 saturated heterocycles. The molecule has 8 heteroatoms. The maximum atomic E-state index is 12.0. The topological polar surface area (TPSA) is 82.2 Å². The number of anilines is 1. The maximum Gasteiger partial charge on any atom is 0.436 e. The number of rotatable bonds is 6. The van der Waals surface area contributed by atoms with Crippen LogP contribution in [0.5, 0.6) is 0 Å². The van der Waals surface area contributed by atoms with Crippen LogP contribution in [0.1, 0.15) is 24.0 Å². The number of nitrogens with one attached hydrogen (secondary N) is 1. The van der Waals surface area contributed by atoms with Crippen LogP contribution in [0.15, 0.2) is 18.2 Å². The summed E-state index contributed by atoms with van der Waals surface area (Å²) in [5, 5.41) is 3.12. The fraction of sp³-hybridized carbons (Fsp3) is 0.471. The SMILES string of the molecule is CN(C)Cc1cc(CN(C)C)cc(NC(=O)ON2C(=O)CCC2=O)c1. The van der Waals surface area contributed by atoms with E-state index in [1.54, 1.807) is 0 Å².